The van der Waals surface area contributed by atoms with Gasteiger partial charge < -0.3 is 10.1 Å². The topological polar surface area (TPSA) is 77.0 Å². The third-order valence-corrected chi connectivity index (χ3v) is 6.43. The number of rotatable bonds is 6. The van der Waals surface area contributed by atoms with Gasteiger partial charge in [-0.2, -0.15) is 0 Å². The second-order valence-corrected chi connectivity index (χ2v) is 8.56. The van der Waals surface area contributed by atoms with Crippen LogP contribution in [-0.2, 0) is 10.5 Å². The fraction of sp³-hybridized carbons (Fsp3) is 0.143. The van der Waals surface area contributed by atoms with Gasteiger partial charge in [0.2, 0.25) is 5.13 Å². The quantitative estimate of drug-likeness (QED) is 0.320. The second kappa shape index (κ2) is 8.76. The van der Waals surface area contributed by atoms with E-state index in [9.17, 15) is 9.18 Å². The number of hydrogen-bond acceptors (Lipinski definition) is 8. The fourth-order valence-corrected chi connectivity index (χ4v) is 4.74. The van der Waals surface area contributed by atoms with Gasteiger partial charge in [0.05, 0.1) is 23.9 Å². The van der Waals surface area contributed by atoms with Crippen LogP contribution in [0.15, 0.2) is 52.9 Å². The van der Waals surface area contributed by atoms with Gasteiger partial charge in [-0.1, -0.05) is 41.3 Å². The SMILES string of the molecule is COC(=O)c1c(CSc2nnc(Nc3ccc(F)cc3)s2)nc2ccccc2c1C. The summed E-state index contributed by atoms with van der Waals surface area (Å²) >= 11 is 2.81. The molecule has 0 aliphatic rings. The maximum absolute atomic E-state index is 13.0. The average molecular weight is 441 g/mol. The maximum Gasteiger partial charge on any atom is 0.340 e. The molecule has 4 rings (SSSR count). The number of carbonyl (C=O) groups is 1. The lowest BCUT2D eigenvalue weighted by Crippen LogP contribution is -2.10. The number of nitrogens with one attached hydrogen (secondary N) is 1. The molecule has 6 nitrogen and oxygen atoms in total. The van der Waals surface area contributed by atoms with Crippen LogP contribution in [0.5, 0.6) is 0 Å². The summed E-state index contributed by atoms with van der Waals surface area (Å²) in [6.45, 7) is 1.90. The third-order valence-electron chi connectivity index (χ3n) is 4.45. The molecule has 0 aliphatic carbocycles. The van der Waals surface area contributed by atoms with E-state index >= 15 is 0 Å². The largest absolute Gasteiger partial charge is 0.465 e. The van der Waals surface area contributed by atoms with Crippen LogP contribution in [0, 0.1) is 12.7 Å². The zero-order chi connectivity index (χ0) is 21.1. The summed E-state index contributed by atoms with van der Waals surface area (Å²) in [5, 5.41) is 12.9. The van der Waals surface area contributed by atoms with Crippen LogP contribution in [0.2, 0.25) is 0 Å². The normalized spacial score (nSPS) is 10.9. The number of methoxy groups -OCH3 is 1. The van der Waals surface area contributed by atoms with Crippen LogP contribution in [-0.4, -0.2) is 28.3 Å². The summed E-state index contributed by atoms with van der Waals surface area (Å²) < 4.78 is 18.7. The molecule has 4 aromatic rings. The molecule has 2 aromatic carbocycles. The van der Waals surface area contributed by atoms with Crippen molar-refractivity contribution in [1.82, 2.24) is 15.2 Å². The summed E-state index contributed by atoms with van der Waals surface area (Å²) in [6, 6.07) is 13.7. The second-order valence-electron chi connectivity index (χ2n) is 6.36. The molecule has 30 heavy (non-hydrogen) atoms. The molecular weight excluding hydrogens is 423 g/mol. The van der Waals surface area contributed by atoms with Gasteiger partial charge in [-0.05, 0) is 42.8 Å². The van der Waals surface area contributed by atoms with E-state index in [0.29, 0.717) is 22.1 Å². The molecule has 0 atom stereocenters. The summed E-state index contributed by atoms with van der Waals surface area (Å²) in [5.41, 5.74) is 3.53. The Balaban J connectivity index is 1.55. The Morgan fingerprint density at radius 3 is 2.70 bits per heavy atom. The van der Waals surface area contributed by atoms with Crippen molar-refractivity contribution in [2.45, 2.75) is 17.0 Å². The van der Waals surface area contributed by atoms with Crippen molar-refractivity contribution in [3.63, 3.8) is 0 Å². The first kappa shape index (κ1) is 20.2. The van der Waals surface area contributed by atoms with Gasteiger partial charge in [0.15, 0.2) is 4.34 Å². The molecule has 0 fully saturated rings. The first-order valence-electron chi connectivity index (χ1n) is 9.00. The predicted octanol–water partition coefficient (Wildman–Crippen LogP) is 5.36. The van der Waals surface area contributed by atoms with E-state index in [1.165, 1.54) is 42.3 Å². The molecular formula is C21H17FN4O2S2. The number of halogens is 1. The molecule has 152 valence electrons. The Kier molecular flexibility index (Phi) is 5.91. The molecule has 0 amide bonds. The first-order valence-corrected chi connectivity index (χ1v) is 10.8. The van der Waals surface area contributed by atoms with Crippen LogP contribution in [0.4, 0.5) is 15.2 Å². The number of hydrogen-bond donors (Lipinski definition) is 1. The number of aryl methyl sites for hydroxylation is 1. The van der Waals surface area contributed by atoms with Gasteiger partial charge in [0, 0.05) is 16.8 Å². The number of nitrogens with zero attached hydrogens (tertiary/aromatic N) is 3. The minimum atomic E-state index is -0.405. The summed E-state index contributed by atoms with van der Waals surface area (Å²) in [4.78, 5) is 17.1. The highest BCUT2D eigenvalue weighted by Crippen LogP contribution is 2.32. The Labute approximate surface area is 180 Å². The highest BCUT2D eigenvalue weighted by Gasteiger charge is 2.20. The predicted molar refractivity (Wildman–Crippen MR) is 117 cm³/mol. The third kappa shape index (κ3) is 4.27. The van der Waals surface area contributed by atoms with Gasteiger partial charge >= 0.3 is 5.97 Å². The Morgan fingerprint density at radius 1 is 1.17 bits per heavy atom. The number of carbonyl (C=O) groups excluding carboxylic acids is 1. The number of benzene rings is 2. The summed E-state index contributed by atoms with van der Waals surface area (Å²) in [7, 11) is 1.37. The molecule has 0 saturated carbocycles. The van der Waals surface area contributed by atoms with Crippen molar-refractivity contribution < 1.29 is 13.9 Å². The lowest BCUT2D eigenvalue weighted by Gasteiger charge is -2.12. The van der Waals surface area contributed by atoms with E-state index < -0.39 is 5.97 Å². The van der Waals surface area contributed by atoms with Gasteiger partial charge in [-0.3, -0.25) is 4.98 Å². The van der Waals surface area contributed by atoms with Crippen LogP contribution in [0.25, 0.3) is 10.9 Å². The molecule has 0 spiro atoms. The molecule has 2 aromatic heterocycles. The van der Waals surface area contributed by atoms with Crippen molar-refractivity contribution in [3.8, 4) is 0 Å². The molecule has 0 aliphatic heterocycles. The van der Waals surface area contributed by atoms with E-state index in [4.69, 9.17) is 4.74 Å². The number of esters is 1. The maximum atomic E-state index is 13.0. The number of ether oxygens (including phenoxy) is 1. The van der Waals surface area contributed by atoms with Crippen LogP contribution in [0.3, 0.4) is 0 Å². The number of para-hydroxylation sites is 1. The lowest BCUT2D eigenvalue weighted by atomic mass is 10.0. The van der Waals surface area contributed by atoms with Gasteiger partial charge in [-0.15, -0.1) is 10.2 Å². The van der Waals surface area contributed by atoms with Crippen molar-refractivity contribution in [2.75, 3.05) is 12.4 Å². The fourth-order valence-electron chi connectivity index (χ4n) is 3.02. The minimum absolute atomic E-state index is 0.298. The monoisotopic (exact) mass is 440 g/mol. The standard InChI is InChI=1S/C21H17FN4O2S2/c1-12-15-5-3-4-6-16(15)24-17(18(12)19(27)28-2)11-29-21-26-25-20(30-21)23-14-9-7-13(22)8-10-14/h3-10H,11H2,1-2H3,(H,23,25). The van der Waals surface area contributed by atoms with E-state index in [1.54, 1.807) is 12.1 Å². The highest BCUT2D eigenvalue weighted by atomic mass is 32.2. The number of aromatic nitrogens is 3. The number of pyridine rings is 1. The molecule has 0 bridgehead atoms. The average Bonchev–Trinajstić information content (AvgIpc) is 3.21. The van der Waals surface area contributed by atoms with E-state index in [-0.39, 0.29) is 5.82 Å². The van der Waals surface area contributed by atoms with Gasteiger partial charge in [-0.25, -0.2) is 9.18 Å². The minimum Gasteiger partial charge on any atom is -0.465 e. The molecule has 0 unspecified atom stereocenters. The Bertz CT molecular complexity index is 1210. The van der Waals surface area contributed by atoms with Crippen LogP contribution < -0.4 is 5.32 Å². The summed E-state index contributed by atoms with van der Waals surface area (Å²) in [5.74, 6) is -0.257. The lowest BCUT2D eigenvalue weighted by molar-refractivity contribution is 0.0598. The molecule has 9 heteroatoms. The summed E-state index contributed by atoms with van der Waals surface area (Å²) in [6.07, 6.45) is 0. The van der Waals surface area contributed by atoms with Gasteiger partial charge in [0.25, 0.3) is 0 Å². The molecule has 2 heterocycles. The first-order chi connectivity index (χ1) is 14.5. The Morgan fingerprint density at radius 2 is 1.93 bits per heavy atom. The molecule has 1 N–H and O–H groups in total. The van der Waals surface area contributed by atoms with Crippen molar-refractivity contribution in [2.24, 2.45) is 0 Å². The molecule has 0 saturated heterocycles. The smallest absolute Gasteiger partial charge is 0.340 e. The number of thioether (sulfide) groups is 1. The Hall–Kier alpha value is -3.04. The zero-order valence-corrected chi connectivity index (χ0v) is 17.8. The number of anilines is 2. The highest BCUT2D eigenvalue weighted by molar-refractivity contribution is 8.00. The van der Waals surface area contributed by atoms with Crippen molar-refractivity contribution in [3.05, 3.63) is 71.2 Å². The van der Waals surface area contributed by atoms with E-state index in [0.717, 1.165) is 26.5 Å². The van der Waals surface area contributed by atoms with Crippen molar-refractivity contribution >= 4 is 50.8 Å². The molecule has 0 radical (unpaired) electrons. The van der Waals surface area contributed by atoms with Crippen LogP contribution in [0.1, 0.15) is 21.6 Å². The zero-order valence-electron chi connectivity index (χ0n) is 16.2. The van der Waals surface area contributed by atoms with Crippen LogP contribution >= 0.6 is 23.1 Å². The van der Waals surface area contributed by atoms with Crippen molar-refractivity contribution in [1.29, 1.82) is 0 Å². The van der Waals surface area contributed by atoms with E-state index in [1.807, 2.05) is 31.2 Å². The number of fused-ring (bicyclic) bond motifs is 1. The van der Waals surface area contributed by atoms with E-state index in [2.05, 4.69) is 20.5 Å². The van der Waals surface area contributed by atoms with Gasteiger partial charge in [0.1, 0.15) is 5.82 Å².